The summed E-state index contributed by atoms with van der Waals surface area (Å²) >= 11 is 2.06. The molecular formula is C17H23IN4S. The predicted molar refractivity (Wildman–Crippen MR) is 111 cm³/mol. The van der Waals surface area contributed by atoms with Gasteiger partial charge in [0.05, 0.1) is 5.52 Å². The number of guanidine groups is 1. The highest BCUT2D eigenvalue weighted by molar-refractivity contribution is 14.0. The fourth-order valence-electron chi connectivity index (χ4n) is 2.72. The molecule has 0 saturated carbocycles. The number of hydrogen-bond donors (Lipinski definition) is 2. The third-order valence-corrected chi connectivity index (χ3v) is 5.33. The van der Waals surface area contributed by atoms with Gasteiger partial charge < -0.3 is 10.6 Å². The molecule has 1 atom stereocenters. The van der Waals surface area contributed by atoms with Gasteiger partial charge in [-0.25, -0.2) is 0 Å². The molecule has 2 heterocycles. The molecule has 1 unspecified atom stereocenters. The minimum atomic E-state index is 0. The molecule has 0 spiro atoms. The van der Waals surface area contributed by atoms with Crippen LogP contribution in [0.15, 0.2) is 41.5 Å². The van der Waals surface area contributed by atoms with Gasteiger partial charge in [-0.15, -0.1) is 24.0 Å². The van der Waals surface area contributed by atoms with E-state index in [0.29, 0.717) is 0 Å². The van der Waals surface area contributed by atoms with Crippen molar-refractivity contribution in [3.8, 4) is 0 Å². The Labute approximate surface area is 159 Å². The first-order valence-corrected chi connectivity index (χ1v) is 8.80. The fourth-order valence-corrected chi connectivity index (χ4v) is 3.93. The molecule has 0 aliphatic carbocycles. The topological polar surface area (TPSA) is 49.3 Å². The summed E-state index contributed by atoms with van der Waals surface area (Å²) in [5.74, 6) is 2.16. The lowest BCUT2D eigenvalue weighted by Gasteiger charge is -2.15. The molecule has 124 valence electrons. The molecule has 2 aromatic rings. The van der Waals surface area contributed by atoms with Crippen LogP contribution in [0, 0.1) is 0 Å². The summed E-state index contributed by atoms with van der Waals surface area (Å²) in [6.07, 6.45) is 4.51. The molecule has 1 saturated heterocycles. The smallest absolute Gasteiger partial charge is 0.191 e. The first-order valence-electron chi connectivity index (χ1n) is 7.75. The van der Waals surface area contributed by atoms with Crippen LogP contribution >= 0.6 is 35.7 Å². The second-order valence-corrected chi connectivity index (χ2v) is 6.84. The number of fused-ring (bicyclic) bond motifs is 1. The normalized spacial score (nSPS) is 17.8. The Morgan fingerprint density at radius 2 is 2.17 bits per heavy atom. The van der Waals surface area contributed by atoms with Gasteiger partial charge in [-0.05, 0) is 36.3 Å². The molecule has 0 bridgehead atoms. The van der Waals surface area contributed by atoms with Gasteiger partial charge in [0.25, 0.3) is 0 Å². The Morgan fingerprint density at radius 1 is 1.30 bits per heavy atom. The number of benzene rings is 1. The van der Waals surface area contributed by atoms with Crippen LogP contribution in [0.1, 0.15) is 18.4 Å². The number of nitrogens with zero attached hydrogens (tertiary/aromatic N) is 2. The Morgan fingerprint density at radius 3 is 2.96 bits per heavy atom. The second kappa shape index (κ2) is 9.32. The van der Waals surface area contributed by atoms with Crippen LogP contribution in [-0.4, -0.2) is 35.5 Å². The first kappa shape index (κ1) is 18.3. The summed E-state index contributed by atoms with van der Waals surface area (Å²) in [7, 11) is 1.82. The van der Waals surface area contributed by atoms with Crippen molar-refractivity contribution < 1.29 is 0 Å². The lowest BCUT2D eigenvalue weighted by Crippen LogP contribution is -2.39. The Balaban J connectivity index is 0.00000192. The van der Waals surface area contributed by atoms with E-state index in [9.17, 15) is 0 Å². The molecule has 1 aromatic carbocycles. The quantitative estimate of drug-likeness (QED) is 0.433. The Kier molecular flexibility index (Phi) is 7.42. The van der Waals surface area contributed by atoms with E-state index in [0.717, 1.165) is 29.8 Å². The van der Waals surface area contributed by atoms with Crippen molar-refractivity contribution in [2.24, 2.45) is 4.99 Å². The predicted octanol–water partition coefficient (Wildman–Crippen LogP) is 3.41. The van der Waals surface area contributed by atoms with Crippen molar-refractivity contribution in [1.82, 2.24) is 15.6 Å². The molecule has 1 fully saturated rings. The number of hydrogen-bond acceptors (Lipinski definition) is 3. The number of para-hydroxylation sites is 1. The third kappa shape index (κ3) is 4.97. The molecule has 3 rings (SSSR count). The van der Waals surface area contributed by atoms with E-state index in [1.54, 1.807) is 0 Å². The highest BCUT2D eigenvalue weighted by Gasteiger charge is 2.15. The van der Waals surface area contributed by atoms with Gasteiger partial charge in [-0.2, -0.15) is 11.8 Å². The molecule has 0 radical (unpaired) electrons. The van der Waals surface area contributed by atoms with Crippen molar-refractivity contribution in [1.29, 1.82) is 0 Å². The summed E-state index contributed by atoms with van der Waals surface area (Å²) < 4.78 is 0. The summed E-state index contributed by atoms with van der Waals surface area (Å²) in [5.41, 5.74) is 2.27. The zero-order chi connectivity index (χ0) is 15.2. The van der Waals surface area contributed by atoms with Crippen molar-refractivity contribution >= 4 is 52.6 Å². The van der Waals surface area contributed by atoms with E-state index < -0.39 is 0 Å². The summed E-state index contributed by atoms with van der Waals surface area (Å²) in [4.78, 5) is 8.72. The molecule has 4 nitrogen and oxygen atoms in total. The number of thioether (sulfide) groups is 1. The number of rotatable bonds is 4. The lowest BCUT2D eigenvalue weighted by molar-refractivity contribution is 0.726. The second-order valence-electron chi connectivity index (χ2n) is 5.43. The van der Waals surface area contributed by atoms with E-state index >= 15 is 0 Å². The highest BCUT2D eigenvalue weighted by Crippen LogP contribution is 2.25. The van der Waals surface area contributed by atoms with Crippen molar-refractivity contribution in [3.05, 3.63) is 42.1 Å². The maximum absolute atomic E-state index is 4.40. The van der Waals surface area contributed by atoms with E-state index in [2.05, 4.69) is 50.6 Å². The third-order valence-electron chi connectivity index (χ3n) is 3.93. The van der Waals surface area contributed by atoms with Crippen LogP contribution in [0.25, 0.3) is 10.9 Å². The van der Waals surface area contributed by atoms with E-state index in [1.165, 1.54) is 29.5 Å². The standard InChI is InChI=1S/C17H22N4S.HI/c1-18-17(21-12-14-5-4-10-22-14)20-11-13-8-9-19-16-7-3-2-6-15(13)16;/h2-3,6-9,14H,4-5,10-12H2,1H3,(H2,18,20,21);1H. The number of aliphatic imine (C=N–C) groups is 1. The van der Waals surface area contributed by atoms with Gasteiger partial charge in [-0.1, -0.05) is 18.2 Å². The summed E-state index contributed by atoms with van der Waals surface area (Å²) in [5, 5.41) is 8.75. The van der Waals surface area contributed by atoms with E-state index in [1.807, 2.05) is 25.4 Å². The number of halogens is 1. The van der Waals surface area contributed by atoms with Crippen LogP contribution in [0.5, 0.6) is 0 Å². The molecule has 1 aliphatic heterocycles. The molecule has 6 heteroatoms. The van der Waals surface area contributed by atoms with Gasteiger partial charge in [0.1, 0.15) is 0 Å². The average Bonchev–Trinajstić information content (AvgIpc) is 3.08. The Hall–Kier alpha value is -1.02. The average molecular weight is 442 g/mol. The Bertz CT molecular complexity index is 651. The van der Waals surface area contributed by atoms with E-state index in [4.69, 9.17) is 0 Å². The van der Waals surface area contributed by atoms with Crippen LogP contribution in [0.3, 0.4) is 0 Å². The van der Waals surface area contributed by atoms with Crippen LogP contribution in [-0.2, 0) is 6.54 Å². The van der Waals surface area contributed by atoms with E-state index in [-0.39, 0.29) is 24.0 Å². The zero-order valence-corrected chi connectivity index (χ0v) is 16.4. The monoisotopic (exact) mass is 442 g/mol. The fraction of sp³-hybridized carbons (Fsp3) is 0.412. The minimum Gasteiger partial charge on any atom is -0.355 e. The van der Waals surface area contributed by atoms with Gasteiger partial charge >= 0.3 is 0 Å². The van der Waals surface area contributed by atoms with Crippen LogP contribution in [0.2, 0.25) is 0 Å². The van der Waals surface area contributed by atoms with Gasteiger partial charge in [0.15, 0.2) is 5.96 Å². The van der Waals surface area contributed by atoms with Crippen LogP contribution in [0.4, 0.5) is 0 Å². The van der Waals surface area contributed by atoms with Gasteiger partial charge in [-0.3, -0.25) is 9.98 Å². The van der Waals surface area contributed by atoms with Crippen molar-refractivity contribution in [2.45, 2.75) is 24.6 Å². The zero-order valence-electron chi connectivity index (χ0n) is 13.3. The van der Waals surface area contributed by atoms with Gasteiger partial charge in [0.2, 0.25) is 0 Å². The maximum atomic E-state index is 4.40. The molecule has 1 aromatic heterocycles. The highest BCUT2D eigenvalue weighted by atomic mass is 127. The van der Waals surface area contributed by atoms with Crippen LogP contribution < -0.4 is 10.6 Å². The summed E-state index contributed by atoms with van der Waals surface area (Å²) in [6, 6.07) is 10.3. The number of pyridine rings is 1. The molecule has 2 N–H and O–H groups in total. The number of nitrogens with one attached hydrogen (secondary N) is 2. The number of aromatic nitrogens is 1. The minimum absolute atomic E-state index is 0. The summed E-state index contributed by atoms with van der Waals surface area (Å²) in [6.45, 7) is 1.74. The molecule has 23 heavy (non-hydrogen) atoms. The largest absolute Gasteiger partial charge is 0.355 e. The van der Waals surface area contributed by atoms with Gasteiger partial charge in [0, 0.05) is 37.0 Å². The molecule has 0 amide bonds. The molecular weight excluding hydrogens is 419 g/mol. The first-order chi connectivity index (χ1) is 10.9. The van der Waals surface area contributed by atoms with Crippen molar-refractivity contribution in [2.75, 3.05) is 19.3 Å². The van der Waals surface area contributed by atoms with Crippen molar-refractivity contribution in [3.63, 3.8) is 0 Å². The maximum Gasteiger partial charge on any atom is 0.191 e. The lowest BCUT2D eigenvalue weighted by atomic mass is 10.1. The molecule has 1 aliphatic rings. The SMILES string of the molecule is CN=C(NCc1ccnc2ccccc12)NCC1CCCS1.I.